The molecule has 1 aliphatic rings. The molecule has 0 fully saturated rings. The topological polar surface area (TPSA) is 12.9 Å². The normalized spacial score (nSPS) is 16.2. The van der Waals surface area contributed by atoms with E-state index in [1.807, 2.05) is 30.6 Å². The van der Waals surface area contributed by atoms with Gasteiger partial charge in [-0.15, -0.1) is 0 Å². The zero-order valence-electron chi connectivity index (χ0n) is 9.36. The smallest absolute Gasteiger partial charge is 0.0412 e. The SMILES string of the molecule is Clc1ccc2c(c1)/C(=C/c1ccncc1)CC2. The van der Waals surface area contributed by atoms with E-state index in [1.54, 1.807) is 0 Å². The predicted octanol–water partition coefficient (Wildman–Crippen LogP) is 4.22. The number of benzene rings is 1. The minimum Gasteiger partial charge on any atom is -0.265 e. The number of fused-ring (bicyclic) bond motifs is 1. The zero-order valence-corrected chi connectivity index (χ0v) is 10.1. The highest BCUT2D eigenvalue weighted by molar-refractivity contribution is 6.30. The summed E-state index contributed by atoms with van der Waals surface area (Å²) in [4.78, 5) is 4.03. The summed E-state index contributed by atoms with van der Waals surface area (Å²) in [5, 5.41) is 0.811. The molecule has 0 saturated carbocycles. The molecule has 0 radical (unpaired) electrons. The Morgan fingerprint density at radius 3 is 2.71 bits per heavy atom. The van der Waals surface area contributed by atoms with Gasteiger partial charge in [-0.2, -0.15) is 0 Å². The molecule has 0 unspecified atom stereocenters. The van der Waals surface area contributed by atoms with Crippen LogP contribution in [-0.4, -0.2) is 4.98 Å². The van der Waals surface area contributed by atoms with Gasteiger partial charge < -0.3 is 0 Å². The Balaban J connectivity index is 2.04. The van der Waals surface area contributed by atoms with Crippen LogP contribution in [0.15, 0.2) is 42.7 Å². The summed E-state index contributed by atoms with van der Waals surface area (Å²) in [6.45, 7) is 0. The Hall–Kier alpha value is -1.60. The van der Waals surface area contributed by atoms with Crippen molar-refractivity contribution in [2.45, 2.75) is 12.8 Å². The maximum atomic E-state index is 6.05. The second-order valence-electron chi connectivity index (χ2n) is 4.25. The van der Waals surface area contributed by atoms with Gasteiger partial charge in [0.25, 0.3) is 0 Å². The van der Waals surface area contributed by atoms with Gasteiger partial charge in [-0.1, -0.05) is 23.7 Å². The molecule has 1 aromatic carbocycles. The molecule has 84 valence electrons. The van der Waals surface area contributed by atoms with E-state index in [9.17, 15) is 0 Å². The maximum absolute atomic E-state index is 6.05. The monoisotopic (exact) mass is 241 g/mol. The average Bonchev–Trinajstić information content (AvgIpc) is 2.73. The quantitative estimate of drug-likeness (QED) is 0.728. The number of rotatable bonds is 1. The molecule has 1 nitrogen and oxygen atoms in total. The molecule has 2 heteroatoms. The van der Waals surface area contributed by atoms with Crippen LogP contribution in [0.1, 0.15) is 23.1 Å². The second-order valence-corrected chi connectivity index (χ2v) is 4.69. The van der Waals surface area contributed by atoms with Crippen LogP contribution in [0.5, 0.6) is 0 Å². The first-order valence-corrected chi connectivity index (χ1v) is 6.10. The van der Waals surface area contributed by atoms with Gasteiger partial charge in [0.05, 0.1) is 0 Å². The third-order valence-corrected chi connectivity index (χ3v) is 3.36. The molecule has 0 atom stereocenters. The summed E-state index contributed by atoms with van der Waals surface area (Å²) in [5.74, 6) is 0. The van der Waals surface area contributed by atoms with Crippen LogP contribution < -0.4 is 0 Å². The summed E-state index contributed by atoms with van der Waals surface area (Å²) in [6, 6.07) is 10.2. The molecular formula is C15H12ClN. The molecule has 3 rings (SSSR count). The number of hydrogen-bond acceptors (Lipinski definition) is 1. The van der Waals surface area contributed by atoms with Crippen molar-refractivity contribution in [1.82, 2.24) is 4.98 Å². The Labute approximate surface area is 106 Å². The summed E-state index contributed by atoms with van der Waals surface area (Å²) in [6.07, 6.45) is 8.08. The fourth-order valence-electron chi connectivity index (χ4n) is 2.28. The molecule has 0 N–H and O–H groups in total. The van der Waals surface area contributed by atoms with Crippen molar-refractivity contribution in [3.05, 3.63) is 64.4 Å². The van der Waals surface area contributed by atoms with Crippen LogP contribution in [-0.2, 0) is 6.42 Å². The highest BCUT2D eigenvalue weighted by Crippen LogP contribution is 2.35. The molecule has 0 bridgehead atoms. The van der Waals surface area contributed by atoms with E-state index in [2.05, 4.69) is 23.2 Å². The third kappa shape index (κ3) is 2.11. The number of nitrogens with zero attached hydrogens (tertiary/aromatic N) is 1. The number of aryl methyl sites for hydroxylation is 1. The second kappa shape index (κ2) is 4.34. The van der Waals surface area contributed by atoms with Crippen LogP contribution >= 0.6 is 11.6 Å². The van der Waals surface area contributed by atoms with E-state index in [4.69, 9.17) is 11.6 Å². The predicted molar refractivity (Wildman–Crippen MR) is 71.9 cm³/mol. The molecule has 0 saturated heterocycles. The van der Waals surface area contributed by atoms with Crippen LogP contribution in [0.3, 0.4) is 0 Å². The molecule has 0 spiro atoms. The van der Waals surface area contributed by atoms with Gasteiger partial charge in [-0.3, -0.25) is 4.98 Å². The lowest BCUT2D eigenvalue weighted by molar-refractivity contribution is 1.08. The summed E-state index contributed by atoms with van der Waals surface area (Å²) in [5.41, 5.74) is 5.26. The van der Waals surface area contributed by atoms with E-state index in [0.717, 1.165) is 17.9 Å². The van der Waals surface area contributed by atoms with Crippen molar-refractivity contribution < 1.29 is 0 Å². The van der Waals surface area contributed by atoms with Crippen molar-refractivity contribution in [2.75, 3.05) is 0 Å². The van der Waals surface area contributed by atoms with E-state index >= 15 is 0 Å². The van der Waals surface area contributed by atoms with Crippen LogP contribution in [0.4, 0.5) is 0 Å². The number of hydrogen-bond donors (Lipinski definition) is 0. The van der Waals surface area contributed by atoms with Crippen LogP contribution in [0, 0.1) is 0 Å². The molecule has 0 aliphatic heterocycles. The number of aromatic nitrogens is 1. The van der Waals surface area contributed by atoms with Gasteiger partial charge in [-0.05, 0) is 59.4 Å². The Bertz CT molecular complexity index is 573. The van der Waals surface area contributed by atoms with Crippen molar-refractivity contribution in [1.29, 1.82) is 0 Å². The van der Waals surface area contributed by atoms with Gasteiger partial charge >= 0.3 is 0 Å². The first-order valence-electron chi connectivity index (χ1n) is 5.72. The number of pyridine rings is 1. The van der Waals surface area contributed by atoms with Gasteiger partial charge in [0.1, 0.15) is 0 Å². The molecule has 2 aromatic rings. The van der Waals surface area contributed by atoms with Gasteiger partial charge in [0.2, 0.25) is 0 Å². The number of halogens is 1. The fraction of sp³-hybridized carbons (Fsp3) is 0.133. The fourth-order valence-corrected chi connectivity index (χ4v) is 2.45. The van der Waals surface area contributed by atoms with E-state index < -0.39 is 0 Å². The van der Waals surface area contributed by atoms with Crippen molar-refractivity contribution in [2.24, 2.45) is 0 Å². The number of allylic oxidation sites excluding steroid dienone is 1. The lowest BCUT2D eigenvalue weighted by atomic mass is 10.1. The summed E-state index contributed by atoms with van der Waals surface area (Å²) < 4.78 is 0. The highest BCUT2D eigenvalue weighted by atomic mass is 35.5. The van der Waals surface area contributed by atoms with E-state index in [1.165, 1.54) is 22.3 Å². The molecule has 1 aromatic heterocycles. The Morgan fingerprint density at radius 1 is 1.06 bits per heavy atom. The third-order valence-electron chi connectivity index (χ3n) is 3.13. The zero-order chi connectivity index (χ0) is 11.7. The molecule has 0 amide bonds. The molecule has 1 aliphatic carbocycles. The first kappa shape index (κ1) is 10.5. The minimum atomic E-state index is 0.811. The minimum absolute atomic E-state index is 0.811. The highest BCUT2D eigenvalue weighted by Gasteiger charge is 2.15. The molecular weight excluding hydrogens is 230 g/mol. The first-order chi connectivity index (χ1) is 8.33. The lowest BCUT2D eigenvalue weighted by Crippen LogP contribution is -1.81. The van der Waals surface area contributed by atoms with Crippen molar-refractivity contribution >= 4 is 23.3 Å². The average molecular weight is 242 g/mol. The van der Waals surface area contributed by atoms with Gasteiger partial charge in [0.15, 0.2) is 0 Å². The largest absolute Gasteiger partial charge is 0.265 e. The maximum Gasteiger partial charge on any atom is 0.0412 e. The lowest BCUT2D eigenvalue weighted by Gasteiger charge is -2.02. The Morgan fingerprint density at radius 2 is 1.88 bits per heavy atom. The van der Waals surface area contributed by atoms with Gasteiger partial charge in [0, 0.05) is 17.4 Å². The van der Waals surface area contributed by atoms with Crippen LogP contribution in [0.2, 0.25) is 5.02 Å². The standard InChI is InChI=1S/C15H12ClN/c16-14-4-3-12-1-2-13(15(12)10-14)9-11-5-7-17-8-6-11/h3-10H,1-2H2/b13-9+. The Kier molecular flexibility index (Phi) is 2.69. The van der Waals surface area contributed by atoms with E-state index in [0.29, 0.717) is 0 Å². The van der Waals surface area contributed by atoms with E-state index in [-0.39, 0.29) is 0 Å². The molecule has 1 heterocycles. The summed E-state index contributed by atoms with van der Waals surface area (Å²) in [7, 11) is 0. The summed E-state index contributed by atoms with van der Waals surface area (Å²) >= 11 is 6.05. The van der Waals surface area contributed by atoms with Crippen molar-refractivity contribution in [3.8, 4) is 0 Å². The van der Waals surface area contributed by atoms with Gasteiger partial charge in [-0.25, -0.2) is 0 Å². The van der Waals surface area contributed by atoms with Crippen molar-refractivity contribution in [3.63, 3.8) is 0 Å². The van der Waals surface area contributed by atoms with Crippen LogP contribution in [0.25, 0.3) is 11.6 Å². The molecule has 17 heavy (non-hydrogen) atoms.